The van der Waals surface area contributed by atoms with Crippen molar-refractivity contribution < 1.29 is 4.74 Å². The van der Waals surface area contributed by atoms with Gasteiger partial charge in [-0.25, -0.2) is 0 Å². The summed E-state index contributed by atoms with van der Waals surface area (Å²) in [6.07, 6.45) is 0. The average molecular weight is 359 g/mol. The van der Waals surface area contributed by atoms with Crippen LogP contribution in [0.5, 0.6) is 5.75 Å². The predicted molar refractivity (Wildman–Crippen MR) is 87.8 cm³/mol. The Morgan fingerprint density at radius 1 is 1.18 bits per heavy atom. The molecule has 5 nitrogen and oxygen atoms in total. The molecule has 0 bridgehead atoms. The van der Waals surface area contributed by atoms with E-state index < -0.39 is 0 Å². The van der Waals surface area contributed by atoms with Crippen molar-refractivity contribution in [3.05, 3.63) is 58.1 Å². The second-order valence-electron chi connectivity index (χ2n) is 4.94. The number of aromatic nitrogens is 4. The first-order chi connectivity index (χ1) is 10.7. The van der Waals surface area contributed by atoms with Crippen LogP contribution in [0.2, 0.25) is 0 Å². The van der Waals surface area contributed by atoms with Gasteiger partial charge in [-0.15, -0.1) is 10.2 Å². The molecule has 0 unspecified atom stereocenters. The molecule has 0 N–H and O–H groups in total. The van der Waals surface area contributed by atoms with Gasteiger partial charge in [-0.05, 0) is 30.3 Å². The van der Waals surface area contributed by atoms with E-state index in [1.165, 1.54) is 5.56 Å². The fourth-order valence-corrected chi connectivity index (χ4v) is 2.71. The first kappa shape index (κ1) is 14.7. The van der Waals surface area contributed by atoms with Crippen molar-refractivity contribution >= 4 is 15.9 Å². The van der Waals surface area contributed by atoms with Gasteiger partial charge in [0, 0.05) is 15.6 Å². The van der Waals surface area contributed by atoms with Gasteiger partial charge in [0.15, 0.2) is 0 Å². The van der Waals surface area contributed by atoms with Crippen LogP contribution < -0.4 is 4.74 Å². The van der Waals surface area contributed by atoms with E-state index in [4.69, 9.17) is 4.74 Å². The quantitative estimate of drug-likeness (QED) is 0.716. The van der Waals surface area contributed by atoms with E-state index in [1.54, 1.807) is 11.9 Å². The Morgan fingerprint density at radius 3 is 2.77 bits per heavy atom. The summed E-state index contributed by atoms with van der Waals surface area (Å²) in [5.74, 6) is 1.42. The summed E-state index contributed by atoms with van der Waals surface area (Å²) in [5, 5.41) is 12.7. The lowest BCUT2D eigenvalue weighted by Gasteiger charge is -2.08. The number of benzene rings is 2. The van der Waals surface area contributed by atoms with Gasteiger partial charge in [-0.1, -0.05) is 45.8 Å². The fraction of sp³-hybridized carbons (Fsp3) is 0.188. The van der Waals surface area contributed by atoms with Crippen LogP contribution in [0.15, 0.2) is 46.9 Å². The summed E-state index contributed by atoms with van der Waals surface area (Å²) >= 11 is 3.50. The summed E-state index contributed by atoms with van der Waals surface area (Å²) < 4.78 is 6.33. The number of nitrogens with zero attached hydrogens (tertiary/aromatic N) is 4. The number of hydrogen-bond donors (Lipinski definition) is 0. The number of aryl methyl sites for hydroxylation is 1. The second kappa shape index (κ2) is 6.27. The van der Waals surface area contributed by atoms with Crippen LogP contribution in [0.25, 0.3) is 11.4 Å². The van der Waals surface area contributed by atoms with Gasteiger partial charge in [-0.3, -0.25) is 0 Å². The van der Waals surface area contributed by atoms with Crippen LogP contribution in [-0.4, -0.2) is 27.3 Å². The van der Waals surface area contributed by atoms with Crippen molar-refractivity contribution in [1.82, 2.24) is 20.2 Å². The van der Waals surface area contributed by atoms with Crippen molar-refractivity contribution in [3.63, 3.8) is 0 Å². The summed E-state index contributed by atoms with van der Waals surface area (Å²) in [6.45, 7) is 2.56. The molecule has 1 aromatic heterocycles. The van der Waals surface area contributed by atoms with E-state index in [9.17, 15) is 0 Å². The molecule has 6 heteroatoms. The molecule has 0 radical (unpaired) electrons. The van der Waals surface area contributed by atoms with E-state index in [0.717, 1.165) is 21.3 Å². The van der Waals surface area contributed by atoms with Crippen LogP contribution in [0.1, 0.15) is 11.1 Å². The lowest BCUT2D eigenvalue weighted by atomic mass is 10.1. The molecule has 0 aliphatic carbocycles. The Hall–Kier alpha value is -2.21. The fourth-order valence-electron chi connectivity index (χ4n) is 2.24. The number of ether oxygens (including phenoxy) is 1. The SMILES string of the molecule is COc1ccc(C)cc1Cn1nnc(-c2ccccc2Br)n1. The van der Waals surface area contributed by atoms with Gasteiger partial charge in [-0.2, -0.15) is 4.80 Å². The Labute approximate surface area is 137 Å². The summed E-state index contributed by atoms with van der Waals surface area (Å²) in [5.41, 5.74) is 3.12. The van der Waals surface area contributed by atoms with Crippen LogP contribution >= 0.6 is 15.9 Å². The highest BCUT2D eigenvalue weighted by Gasteiger charge is 2.11. The molecule has 0 saturated heterocycles. The number of tetrazole rings is 1. The lowest BCUT2D eigenvalue weighted by Crippen LogP contribution is -2.06. The lowest BCUT2D eigenvalue weighted by molar-refractivity contribution is 0.405. The standard InChI is InChI=1S/C16H15BrN4O/c1-11-7-8-15(22-2)12(9-11)10-21-19-16(18-20-21)13-5-3-4-6-14(13)17/h3-9H,10H2,1-2H3. The molecular formula is C16H15BrN4O. The molecule has 0 spiro atoms. The monoisotopic (exact) mass is 358 g/mol. The smallest absolute Gasteiger partial charge is 0.206 e. The molecule has 0 saturated carbocycles. The maximum atomic E-state index is 5.39. The molecule has 3 rings (SSSR count). The minimum absolute atomic E-state index is 0.516. The van der Waals surface area contributed by atoms with E-state index >= 15 is 0 Å². The molecule has 3 aromatic rings. The minimum atomic E-state index is 0.516. The summed E-state index contributed by atoms with van der Waals surface area (Å²) in [4.78, 5) is 1.58. The molecule has 0 atom stereocenters. The first-order valence-corrected chi connectivity index (χ1v) is 7.63. The van der Waals surface area contributed by atoms with Gasteiger partial charge < -0.3 is 4.74 Å². The maximum Gasteiger partial charge on any atom is 0.206 e. The Balaban J connectivity index is 1.89. The topological polar surface area (TPSA) is 52.8 Å². The Morgan fingerprint density at radius 2 is 2.00 bits per heavy atom. The maximum absolute atomic E-state index is 5.39. The molecule has 22 heavy (non-hydrogen) atoms. The molecule has 1 heterocycles. The number of rotatable bonds is 4. The van der Waals surface area contributed by atoms with Gasteiger partial charge >= 0.3 is 0 Å². The van der Waals surface area contributed by atoms with Crippen LogP contribution in [-0.2, 0) is 6.54 Å². The zero-order chi connectivity index (χ0) is 15.5. The highest BCUT2D eigenvalue weighted by molar-refractivity contribution is 9.10. The normalized spacial score (nSPS) is 10.7. The van der Waals surface area contributed by atoms with Gasteiger partial charge in [0.1, 0.15) is 5.75 Å². The minimum Gasteiger partial charge on any atom is -0.496 e. The third-order valence-corrected chi connectivity index (χ3v) is 4.01. The molecule has 0 amide bonds. The zero-order valence-electron chi connectivity index (χ0n) is 12.3. The van der Waals surface area contributed by atoms with Crippen LogP contribution in [0, 0.1) is 6.92 Å². The van der Waals surface area contributed by atoms with E-state index in [1.807, 2.05) is 43.3 Å². The summed E-state index contributed by atoms with van der Waals surface area (Å²) in [6, 6.07) is 13.9. The molecular weight excluding hydrogens is 344 g/mol. The van der Waals surface area contributed by atoms with Crippen molar-refractivity contribution in [2.24, 2.45) is 0 Å². The number of hydrogen-bond acceptors (Lipinski definition) is 4. The van der Waals surface area contributed by atoms with Crippen molar-refractivity contribution in [3.8, 4) is 17.1 Å². The highest BCUT2D eigenvalue weighted by atomic mass is 79.9. The molecule has 0 aliphatic heterocycles. The zero-order valence-corrected chi connectivity index (χ0v) is 13.9. The number of methoxy groups -OCH3 is 1. The molecule has 0 fully saturated rings. The predicted octanol–water partition coefficient (Wildman–Crippen LogP) is 3.47. The Bertz CT molecular complexity index is 800. The Kier molecular flexibility index (Phi) is 4.20. The molecule has 112 valence electrons. The van der Waals surface area contributed by atoms with Crippen LogP contribution in [0.4, 0.5) is 0 Å². The van der Waals surface area contributed by atoms with Gasteiger partial charge in [0.25, 0.3) is 0 Å². The van der Waals surface area contributed by atoms with Gasteiger partial charge in [0.2, 0.25) is 5.82 Å². The average Bonchev–Trinajstić information content (AvgIpc) is 2.96. The number of halogens is 1. The second-order valence-corrected chi connectivity index (χ2v) is 5.79. The largest absolute Gasteiger partial charge is 0.496 e. The third kappa shape index (κ3) is 3.01. The summed E-state index contributed by atoms with van der Waals surface area (Å²) in [7, 11) is 1.66. The van der Waals surface area contributed by atoms with Crippen molar-refractivity contribution in [1.29, 1.82) is 0 Å². The van der Waals surface area contributed by atoms with Crippen molar-refractivity contribution in [2.75, 3.05) is 7.11 Å². The third-order valence-electron chi connectivity index (χ3n) is 3.32. The van der Waals surface area contributed by atoms with E-state index in [2.05, 4.69) is 37.4 Å². The van der Waals surface area contributed by atoms with Crippen molar-refractivity contribution in [2.45, 2.75) is 13.5 Å². The molecule has 2 aromatic carbocycles. The highest BCUT2D eigenvalue weighted by Crippen LogP contribution is 2.25. The van der Waals surface area contributed by atoms with Gasteiger partial charge in [0.05, 0.1) is 13.7 Å². The van der Waals surface area contributed by atoms with E-state index in [0.29, 0.717) is 12.4 Å². The first-order valence-electron chi connectivity index (χ1n) is 6.83. The van der Waals surface area contributed by atoms with E-state index in [-0.39, 0.29) is 0 Å². The van der Waals surface area contributed by atoms with Crippen LogP contribution in [0.3, 0.4) is 0 Å². The molecule has 0 aliphatic rings.